The van der Waals surface area contributed by atoms with Gasteiger partial charge in [0, 0.05) is 18.8 Å². The molecule has 0 radical (unpaired) electrons. The molecule has 1 aromatic heterocycles. The van der Waals surface area contributed by atoms with E-state index in [4.69, 9.17) is 11.6 Å². The predicted molar refractivity (Wildman–Crippen MR) is 114 cm³/mol. The van der Waals surface area contributed by atoms with Gasteiger partial charge in [0.2, 0.25) is 0 Å². The quantitative estimate of drug-likeness (QED) is 0.559. The third kappa shape index (κ3) is 5.03. The molecule has 0 aliphatic carbocycles. The van der Waals surface area contributed by atoms with Crippen LogP contribution in [0.2, 0.25) is 5.02 Å². The van der Waals surface area contributed by atoms with Gasteiger partial charge in [-0.25, -0.2) is 17.7 Å². The Hall–Kier alpha value is -3.11. The van der Waals surface area contributed by atoms with Gasteiger partial charge >= 0.3 is 6.18 Å². The van der Waals surface area contributed by atoms with Gasteiger partial charge in [0.15, 0.2) is 5.82 Å². The Labute approximate surface area is 187 Å². The normalized spacial score (nSPS) is 11.8. The zero-order valence-corrected chi connectivity index (χ0v) is 18.2. The van der Waals surface area contributed by atoms with Crippen molar-refractivity contribution in [1.82, 2.24) is 10.3 Å². The molecular formula is C21H17ClF3N3O3S. The molecule has 32 heavy (non-hydrogen) atoms. The second-order valence-electron chi connectivity index (χ2n) is 6.63. The van der Waals surface area contributed by atoms with Crippen LogP contribution in [0.5, 0.6) is 0 Å². The van der Waals surface area contributed by atoms with E-state index in [1.807, 2.05) is 0 Å². The van der Waals surface area contributed by atoms with Gasteiger partial charge in [0.05, 0.1) is 22.0 Å². The maximum absolute atomic E-state index is 13.4. The molecule has 0 saturated heterocycles. The van der Waals surface area contributed by atoms with Crippen LogP contribution in [-0.2, 0) is 22.7 Å². The fraction of sp³-hybridized carbons (Fsp3) is 0.143. The second kappa shape index (κ2) is 9.17. The van der Waals surface area contributed by atoms with Crippen molar-refractivity contribution in [2.24, 2.45) is 0 Å². The zero-order valence-electron chi connectivity index (χ0n) is 16.6. The van der Waals surface area contributed by atoms with E-state index in [1.165, 1.54) is 31.3 Å². The number of hydrogen-bond acceptors (Lipinski definition) is 4. The summed E-state index contributed by atoms with van der Waals surface area (Å²) in [6.45, 7) is -0.224. The third-order valence-electron chi connectivity index (χ3n) is 4.49. The molecule has 3 aromatic rings. The van der Waals surface area contributed by atoms with Crippen LogP contribution in [0, 0.1) is 0 Å². The van der Waals surface area contributed by atoms with E-state index in [0.29, 0.717) is 17.8 Å². The Morgan fingerprint density at radius 3 is 2.25 bits per heavy atom. The Morgan fingerprint density at radius 2 is 1.72 bits per heavy atom. The van der Waals surface area contributed by atoms with Crippen LogP contribution in [0.3, 0.4) is 0 Å². The molecule has 0 spiro atoms. The van der Waals surface area contributed by atoms with Gasteiger partial charge in [-0.05, 0) is 35.9 Å². The van der Waals surface area contributed by atoms with E-state index in [1.54, 1.807) is 30.3 Å². The van der Waals surface area contributed by atoms with Crippen LogP contribution < -0.4 is 9.62 Å². The standard InChI is InChI=1S/C21H17ClF3N3O3S/c1-26-20(29)15-7-9-17(10-8-15)32(30,31)28(13-14-5-3-2-4-6-14)19-18(22)11-16(12-27-19)21(23,24)25/h2-12H,13H2,1H3,(H,26,29). The van der Waals surface area contributed by atoms with Gasteiger partial charge in [0.1, 0.15) is 0 Å². The highest BCUT2D eigenvalue weighted by Crippen LogP contribution is 2.35. The Bertz CT molecular complexity index is 1220. The summed E-state index contributed by atoms with van der Waals surface area (Å²) in [7, 11) is -2.86. The highest BCUT2D eigenvalue weighted by Gasteiger charge is 2.34. The van der Waals surface area contributed by atoms with E-state index in [9.17, 15) is 26.4 Å². The summed E-state index contributed by atoms with van der Waals surface area (Å²) in [5.41, 5.74) is -0.291. The number of nitrogens with zero attached hydrogens (tertiary/aromatic N) is 2. The number of nitrogens with one attached hydrogen (secondary N) is 1. The lowest BCUT2D eigenvalue weighted by Crippen LogP contribution is -2.32. The van der Waals surface area contributed by atoms with E-state index in [0.717, 1.165) is 4.31 Å². The number of amides is 1. The minimum Gasteiger partial charge on any atom is -0.355 e. The smallest absolute Gasteiger partial charge is 0.355 e. The lowest BCUT2D eigenvalue weighted by atomic mass is 10.2. The molecule has 2 aromatic carbocycles. The molecule has 3 rings (SSSR count). The second-order valence-corrected chi connectivity index (χ2v) is 8.90. The van der Waals surface area contributed by atoms with Crippen molar-refractivity contribution in [2.75, 3.05) is 11.4 Å². The molecule has 0 unspecified atom stereocenters. The van der Waals surface area contributed by atoms with Crippen molar-refractivity contribution in [2.45, 2.75) is 17.6 Å². The summed E-state index contributed by atoms with van der Waals surface area (Å²) < 4.78 is 66.7. The minimum absolute atomic E-state index is 0.182. The van der Waals surface area contributed by atoms with Crippen molar-refractivity contribution in [3.8, 4) is 0 Å². The molecule has 1 heterocycles. The molecule has 0 bridgehead atoms. The van der Waals surface area contributed by atoms with Crippen LogP contribution in [0.15, 0.2) is 71.8 Å². The number of carbonyl (C=O) groups excluding carboxylic acids is 1. The number of sulfonamides is 1. The SMILES string of the molecule is CNC(=O)c1ccc(S(=O)(=O)N(Cc2ccccc2)c2ncc(C(F)(F)F)cc2Cl)cc1. The lowest BCUT2D eigenvalue weighted by Gasteiger charge is -2.25. The fourth-order valence-electron chi connectivity index (χ4n) is 2.84. The van der Waals surface area contributed by atoms with Crippen LogP contribution in [0.25, 0.3) is 0 Å². The average Bonchev–Trinajstić information content (AvgIpc) is 2.77. The van der Waals surface area contributed by atoms with Crippen LogP contribution in [-0.4, -0.2) is 26.4 Å². The monoisotopic (exact) mass is 483 g/mol. The lowest BCUT2D eigenvalue weighted by molar-refractivity contribution is -0.137. The molecule has 0 aliphatic heterocycles. The van der Waals surface area contributed by atoms with Crippen LogP contribution in [0.4, 0.5) is 19.0 Å². The summed E-state index contributed by atoms with van der Waals surface area (Å²) in [5, 5.41) is 1.96. The number of pyridine rings is 1. The summed E-state index contributed by atoms with van der Waals surface area (Å²) in [4.78, 5) is 15.3. The number of aromatic nitrogens is 1. The summed E-state index contributed by atoms with van der Waals surface area (Å²) >= 11 is 6.05. The molecule has 0 aliphatic rings. The molecule has 1 amide bonds. The number of anilines is 1. The highest BCUT2D eigenvalue weighted by molar-refractivity contribution is 7.92. The van der Waals surface area contributed by atoms with E-state index >= 15 is 0 Å². The number of halogens is 4. The Morgan fingerprint density at radius 1 is 1.09 bits per heavy atom. The van der Waals surface area contributed by atoms with Gasteiger partial charge < -0.3 is 5.32 Å². The van der Waals surface area contributed by atoms with Gasteiger partial charge in [-0.15, -0.1) is 0 Å². The number of rotatable bonds is 6. The van der Waals surface area contributed by atoms with Gasteiger partial charge in [-0.3, -0.25) is 4.79 Å². The first-order chi connectivity index (χ1) is 15.0. The fourth-order valence-corrected chi connectivity index (χ4v) is 4.59. The largest absolute Gasteiger partial charge is 0.417 e. The summed E-state index contributed by atoms with van der Waals surface area (Å²) in [6, 6.07) is 14.2. The number of carbonyl (C=O) groups is 1. The van der Waals surface area contributed by atoms with Crippen molar-refractivity contribution in [3.63, 3.8) is 0 Å². The van der Waals surface area contributed by atoms with Gasteiger partial charge in [-0.1, -0.05) is 41.9 Å². The van der Waals surface area contributed by atoms with Crippen molar-refractivity contribution < 1.29 is 26.4 Å². The third-order valence-corrected chi connectivity index (χ3v) is 6.51. The summed E-state index contributed by atoms with van der Waals surface area (Å²) in [6.07, 6.45) is -4.16. The first-order valence-corrected chi connectivity index (χ1v) is 11.0. The van der Waals surface area contributed by atoms with Crippen molar-refractivity contribution >= 4 is 33.3 Å². The Kier molecular flexibility index (Phi) is 6.75. The summed E-state index contributed by atoms with van der Waals surface area (Å²) in [5.74, 6) is -0.749. The van der Waals surface area contributed by atoms with E-state index in [2.05, 4.69) is 10.3 Å². The zero-order chi connectivity index (χ0) is 23.5. The first kappa shape index (κ1) is 23.6. The highest BCUT2D eigenvalue weighted by atomic mass is 35.5. The van der Waals surface area contributed by atoms with E-state index in [-0.39, 0.29) is 22.8 Å². The molecule has 1 N–H and O–H groups in total. The molecule has 6 nitrogen and oxygen atoms in total. The first-order valence-electron chi connectivity index (χ1n) is 9.15. The van der Waals surface area contributed by atoms with Crippen LogP contribution >= 0.6 is 11.6 Å². The molecule has 11 heteroatoms. The number of hydrogen-bond donors (Lipinski definition) is 1. The van der Waals surface area contributed by atoms with Crippen LogP contribution in [0.1, 0.15) is 21.5 Å². The Balaban J connectivity index is 2.09. The maximum atomic E-state index is 13.4. The molecule has 168 valence electrons. The van der Waals surface area contributed by atoms with Crippen molar-refractivity contribution in [3.05, 3.63) is 88.6 Å². The van der Waals surface area contributed by atoms with E-state index < -0.39 is 32.7 Å². The topological polar surface area (TPSA) is 79.4 Å². The predicted octanol–water partition coefficient (Wildman–Crippen LogP) is 4.51. The number of benzene rings is 2. The maximum Gasteiger partial charge on any atom is 0.417 e. The van der Waals surface area contributed by atoms with Gasteiger partial charge in [0.25, 0.3) is 15.9 Å². The van der Waals surface area contributed by atoms with Crippen molar-refractivity contribution in [1.29, 1.82) is 0 Å². The van der Waals surface area contributed by atoms with Gasteiger partial charge in [-0.2, -0.15) is 13.2 Å². The molecule has 0 atom stereocenters. The molecular weight excluding hydrogens is 467 g/mol. The average molecular weight is 484 g/mol. The molecule has 0 fully saturated rings. The number of alkyl halides is 3. The molecule has 0 saturated carbocycles. The minimum atomic E-state index is -4.69.